The topological polar surface area (TPSA) is 234 Å². The van der Waals surface area contributed by atoms with Crippen molar-refractivity contribution in [2.24, 2.45) is 17.8 Å². The van der Waals surface area contributed by atoms with Gasteiger partial charge in [0.1, 0.15) is 42.4 Å². The smallest absolute Gasteiger partial charge is 0.331 e. The number of hydrogen-bond acceptors (Lipinski definition) is 16. The summed E-state index contributed by atoms with van der Waals surface area (Å²) in [5.74, 6) is -4.92. The molecule has 0 radical (unpaired) electrons. The average Bonchev–Trinajstić information content (AvgIpc) is 3.33. The molecule has 16 heteroatoms. The zero-order valence-corrected chi connectivity index (χ0v) is 28.1. The predicted octanol–water partition coefficient (Wildman–Crippen LogP) is 0.464. The lowest BCUT2D eigenvalue weighted by Crippen LogP contribution is -2.60. The number of carbonyl (C=O) groups is 4. The van der Waals surface area contributed by atoms with Crippen molar-refractivity contribution in [3.05, 3.63) is 47.7 Å². The number of hydrogen-bond donors (Lipinski definition) is 5. The molecule has 16 nitrogen and oxygen atoms in total. The summed E-state index contributed by atoms with van der Waals surface area (Å²) >= 11 is 0. The SMILES string of the molecule is CC(=O)OC[C@]1(O)[C@H]2[C@H](OC(=O)CC(C)C)OC=C(CO[C@@H]3O[C@H](CO)[C@@H](O)[C@H](O)[C@H]3OC(=O)/C=C\c3ccc(O)cc3)[C@H]2C[C@@H]1OC(C)=O. The number of phenols is 1. The largest absolute Gasteiger partial charge is 0.508 e. The lowest BCUT2D eigenvalue weighted by Gasteiger charge is -2.42. The molecule has 1 aromatic rings. The molecule has 1 aliphatic carbocycles. The highest BCUT2D eigenvalue weighted by Gasteiger charge is 2.63. The van der Waals surface area contributed by atoms with Crippen LogP contribution < -0.4 is 0 Å². The molecule has 2 aliphatic heterocycles. The minimum atomic E-state index is -2.07. The molecule has 4 rings (SSSR count). The second-order valence-corrected chi connectivity index (χ2v) is 12.9. The summed E-state index contributed by atoms with van der Waals surface area (Å²) in [5.41, 5.74) is -1.18. The third-order valence-electron chi connectivity index (χ3n) is 8.59. The van der Waals surface area contributed by atoms with Gasteiger partial charge < -0.3 is 58.7 Å². The minimum absolute atomic E-state index is 0.0284. The van der Waals surface area contributed by atoms with Gasteiger partial charge in [0, 0.05) is 32.3 Å². The van der Waals surface area contributed by atoms with Crippen molar-refractivity contribution in [3.63, 3.8) is 0 Å². The molecule has 10 atom stereocenters. The van der Waals surface area contributed by atoms with Crippen molar-refractivity contribution >= 4 is 30.0 Å². The second-order valence-electron chi connectivity index (χ2n) is 12.9. The summed E-state index contributed by atoms with van der Waals surface area (Å²) in [5, 5.41) is 52.6. The van der Waals surface area contributed by atoms with E-state index in [2.05, 4.69) is 0 Å². The molecule has 2 heterocycles. The van der Waals surface area contributed by atoms with Crippen LogP contribution in [0.3, 0.4) is 0 Å². The van der Waals surface area contributed by atoms with Crippen LogP contribution in [-0.4, -0.2) is 118 Å². The second kappa shape index (κ2) is 16.8. The van der Waals surface area contributed by atoms with Crippen molar-refractivity contribution in [1.29, 1.82) is 0 Å². The molecule has 1 aromatic carbocycles. The molecule has 0 unspecified atom stereocenters. The Balaban J connectivity index is 1.58. The van der Waals surface area contributed by atoms with Crippen LogP contribution in [0.5, 0.6) is 5.75 Å². The molecular formula is C34H44O16. The number of benzene rings is 1. The Morgan fingerprint density at radius 3 is 2.32 bits per heavy atom. The first-order chi connectivity index (χ1) is 23.6. The maximum Gasteiger partial charge on any atom is 0.331 e. The first-order valence-corrected chi connectivity index (χ1v) is 16.1. The van der Waals surface area contributed by atoms with E-state index in [-0.39, 0.29) is 31.1 Å². The molecule has 5 N–H and O–H groups in total. The molecule has 0 bridgehead atoms. The van der Waals surface area contributed by atoms with Crippen molar-refractivity contribution in [1.82, 2.24) is 0 Å². The third kappa shape index (κ3) is 9.38. The Morgan fingerprint density at radius 2 is 1.70 bits per heavy atom. The van der Waals surface area contributed by atoms with E-state index in [1.807, 2.05) is 13.8 Å². The van der Waals surface area contributed by atoms with Gasteiger partial charge >= 0.3 is 23.9 Å². The quantitative estimate of drug-likeness (QED) is 0.106. The zero-order chi connectivity index (χ0) is 36.7. The molecule has 0 spiro atoms. The standard InChI is InChI=1S/C34H44O16/c1-17(2)11-27(40)50-32-28-23(12-25(47-19(4)37)34(28,43)16-46-18(3)36)21(14-44-32)15-45-33-31(30(42)29(41)24(13-35)48-33)49-26(39)10-7-20-5-8-22(38)9-6-20/h5-10,14,17,23-25,28-33,35,38,41-43H,11-13,15-16H2,1-4H3/b10-7-/t23-,24-,25+,28-,29-,30+,31-,32+,33-,34-/m1/s1. The van der Waals surface area contributed by atoms with Gasteiger partial charge in [0.15, 0.2) is 12.4 Å². The normalized spacial score (nSPS) is 32.1. The Labute approximate surface area is 288 Å². The summed E-state index contributed by atoms with van der Waals surface area (Å²) < 4.78 is 39.1. The van der Waals surface area contributed by atoms with E-state index in [4.69, 9.17) is 33.2 Å². The van der Waals surface area contributed by atoms with E-state index >= 15 is 0 Å². The summed E-state index contributed by atoms with van der Waals surface area (Å²) in [6.45, 7) is 4.19. The fourth-order valence-corrected chi connectivity index (χ4v) is 6.21. The Bertz CT molecular complexity index is 1420. The molecule has 1 saturated heterocycles. The number of esters is 4. The molecule has 50 heavy (non-hydrogen) atoms. The van der Waals surface area contributed by atoms with Crippen LogP contribution in [0.25, 0.3) is 6.08 Å². The van der Waals surface area contributed by atoms with Gasteiger partial charge in [-0.15, -0.1) is 0 Å². The lowest BCUT2D eigenvalue weighted by molar-refractivity contribution is -0.302. The Morgan fingerprint density at radius 1 is 1.00 bits per heavy atom. The van der Waals surface area contributed by atoms with Gasteiger partial charge in [0.25, 0.3) is 0 Å². The monoisotopic (exact) mass is 708 g/mol. The van der Waals surface area contributed by atoms with Crippen molar-refractivity contribution in [2.75, 3.05) is 19.8 Å². The van der Waals surface area contributed by atoms with Crippen LogP contribution in [0.4, 0.5) is 0 Å². The molecule has 1 saturated carbocycles. The maximum absolute atomic E-state index is 12.8. The first-order valence-electron chi connectivity index (χ1n) is 16.1. The lowest BCUT2D eigenvalue weighted by atomic mass is 9.80. The van der Waals surface area contributed by atoms with Gasteiger partial charge in [-0.2, -0.15) is 0 Å². The number of aliphatic hydroxyl groups is 4. The summed E-state index contributed by atoms with van der Waals surface area (Å²) in [7, 11) is 0. The molecule has 276 valence electrons. The van der Waals surface area contributed by atoms with Crippen LogP contribution in [0.1, 0.15) is 46.1 Å². The van der Waals surface area contributed by atoms with Crippen molar-refractivity contribution < 1.29 is 77.9 Å². The van der Waals surface area contributed by atoms with Crippen LogP contribution in [0.15, 0.2) is 42.2 Å². The number of aromatic hydroxyl groups is 1. The average molecular weight is 709 g/mol. The number of aliphatic hydroxyl groups excluding tert-OH is 3. The maximum atomic E-state index is 12.8. The van der Waals surface area contributed by atoms with Crippen molar-refractivity contribution in [2.45, 2.75) is 89.2 Å². The summed E-state index contributed by atoms with van der Waals surface area (Å²) in [4.78, 5) is 49.3. The van der Waals surface area contributed by atoms with Crippen molar-refractivity contribution in [3.8, 4) is 5.75 Å². The van der Waals surface area contributed by atoms with Gasteiger partial charge in [0.05, 0.1) is 25.4 Å². The molecule has 0 aromatic heterocycles. The Kier molecular flexibility index (Phi) is 13.0. The highest BCUT2D eigenvalue weighted by molar-refractivity contribution is 5.87. The van der Waals surface area contributed by atoms with E-state index in [1.54, 1.807) is 12.1 Å². The van der Waals surface area contributed by atoms with Gasteiger partial charge in [-0.1, -0.05) is 26.0 Å². The highest BCUT2D eigenvalue weighted by Crippen LogP contribution is 2.51. The highest BCUT2D eigenvalue weighted by atomic mass is 16.7. The van der Waals surface area contributed by atoms with Crippen LogP contribution in [0.2, 0.25) is 0 Å². The van der Waals surface area contributed by atoms with Gasteiger partial charge in [-0.05, 0) is 41.7 Å². The molecule has 2 fully saturated rings. The van der Waals surface area contributed by atoms with Crippen LogP contribution >= 0.6 is 0 Å². The summed E-state index contributed by atoms with van der Waals surface area (Å²) in [6, 6.07) is 5.93. The van der Waals surface area contributed by atoms with E-state index < -0.39 is 97.6 Å². The zero-order valence-electron chi connectivity index (χ0n) is 28.1. The number of ether oxygens (including phenoxy) is 7. The molecule has 0 amide bonds. The van der Waals surface area contributed by atoms with Gasteiger partial charge in [-0.25, -0.2) is 4.79 Å². The van der Waals surface area contributed by atoms with E-state index in [1.165, 1.54) is 24.5 Å². The van der Waals surface area contributed by atoms with E-state index in [0.717, 1.165) is 19.9 Å². The van der Waals surface area contributed by atoms with Crippen LogP contribution in [-0.2, 0) is 52.3 Å². The number of phenolic OH excluding ortho intramolecular Hbond substituents is 1. The number of carbonyl (C=O) groups excluding carboxylic acids is 4. The van der Waals surface area contributed by atoms with E-state index in [9.17, 15) is 44.7 Å². The minimum Gasteiger partial charge on any atom is -0.508 e. The fraction of sp³-hybridized carbons (Fsp3) is 0.588. The molecular weight excluding hydrogens is 664 g/mol. The fourth-order valence-electron chi connectivity index (χ4n) is 6.21. The predicted molar refractivity (Wildman–Crippen MR) is 168 cm³/mol. The third-order valence-corrected chi connectivity index (χ3v) is 8.59. The van der Waals surface area contributed by atoms with E-state index in [0.29, 0.717) is 11.1 Å². The first kappa shape index (κ1) is 38.7. The summed E-state index contributed by atoms with van der Waals surface area (Å²) in [6.07, 6.45) is -6.77. The van der Waals surface area contributed by atoms with Gasteiger partial charge in [-0.3, -0.25) is 14.4 Å². The van der Waals surface area contributed by atoms with Crippen LogP contribution in [0, 0.1) is 17.8 Å². The Hall–Kier alpha value is -4.06. The number of rotatable bonds is 13. The van der Waals surface area contributed by atoms with Gasteiger partial charge in [0.2, 0.25) is 6.29 Å². The molecule has 3 aliphatic rings. The number of fused-ring (bicyclic) bond motifs is 1.